The fourth-order valence-electron chi connectivity index (χ4n) is 1.54. The van der Waals surface area contributed by atoms with E-state index in [0.29, 0.717) is 6.42 Å². The molecule has 1 rings (SSSR count). The third-order valence-electron chi connectivity index (χ3n) is 2.57. The molecule has 0 heterocycles. The number of rotatable bonds is 4. The minimum atomic E-state index is -0.571. The smallest absolute Gasteiger partial charge is 0.123 e. The molecule has 1 N–H and O–H groups in total. The summed E-state index contributed by atoms with van der Waals surface area (Å²) in [6.07, 6.45) is 0.832. The Labute approximate surface area is 90.3 Å². The standard InChI is InChI=1S/C13H17FO/c1-4-9(2)7-13(15)12-6-5-11(14)8-10(12)3/h5-6,8,13,15H,2,4,7H2,1,3H3. The lowest BCUT2D eigenvalue weighted by atomic mass is 9.97. The van der Waals surface area contributed by atoms with Gasteiger partial charge in [0, 0.05) is 0 Å². The highest BCUT2D eigenvalue weighted by atomic mass is 19.1. The van der Waals surface area contributed by atoms with Gasteiger partial charge in [0.1, 0.15) is 5.82 Å². The van der Waals surface area contributed by atoms with Gasteiger partial charge in [0.2, 0.25) is 0 Å². The molecule has 0 bridgehead atoms. The van der Waals surface area contributed by atoms with E-state index in [2.05, 4.69) is 6.58 Å². The Hall–Kier alpha value is -1.15. The van der Waals surface area contributed by atoms with Gasteiger partial charge in [0.15, 0.2) is 0 Å². The van der Waals surface area contributed by atoms with Crippen LogP contribution >= 0.6 is 0 Å². The van der Waals surface area contributed by atoms with E-state index >= 15 is 0 Å². The zero-order valence-electron chi connectivity index (χ0n) is 9.26. The van der Waals surface area contributed by atoms with Crippen molar-refractivity contribution in [2.24, 2.45) is 0 Å². The SMILES string of the molecule is C=C(CC)CC(O)c1ccc(F)cc1C. The lowest BCUT2D eigenvalue weighted by molar-refractivity contribution is 0.176. The number of halogens is 1. The van der Waals surface area contributed by atoms with Crippen molar-refractivity contribution in [3.05, 3.63) is 47.3 Å². The van der Waals surface area contributed by atoms with Crippen molar-refractivity contribution in [3.63, 3.8) is 0 Å². The van der Waals surface area contributed by atoms with Crippen molar-refractivity contribution in [1.29, 1.82) is 0 Å². The second kappa shape index (κ2) is 5.08. The largest absolute Gasteiger partial charge is 0.388 e. The molecular weight excluding hydrogens is 191 g/mol. The number of aryl methyl sites for hydroxylation is 1. The highest BCUT2D eigenvalue weighted by Gasteiger charge is 2.11. The van der Waals surface area contributed by atoms with Crippen LogP contribution in [-0.2, 0) is 0 Å². The molecule has 0 saturated carbocycles. The lowest BCUT2D eigenvalue weighted by Gasteiger charge is -2.14. The molecule has 1 nitrogen and oxygen atoms in total. The van der Waals surface area contributed by atoms with Crippen LogP contribution in [0.15, 0.2) is 30.4 Å². The van der Waals surface area contributed by atoms with E-state index in [4.69, 9.17) is 0 Å². The molecule has 0 aliphatic carbocycles. The van der Waals surface area contributed by atoms with Gasteiger partial charge in [-0.25, -0.2) is 4.39 Å². The molecule has 1 aromatic rings. The Morgan fingerprint density at radius 3 is 2.73 bits per heavy atom. The minimum absolute atomic E-state index is 0.266. The molecule has 2 heteroatoms. The molecule has 0 aromatic heterocycles. The Morgan fingerprint density at radius 2 is 2.20 bits per heavy atom. The van der Waals surface area contributed by atoms with E-state index in [-0.39, 0.29) is 5.82 Å². The summed E-state index contributed by atoms with van der Waals surface area (Å²) >= 11 is 0. The summed E-state index contributed by atoms with van der Waals surface area (Å²) in [4.78, 5) is 0. The molecule has 1 atom stereocenters. The van der Waals surface area contributed by atoms with E-state index in [9.17, 15) is 9.50 Å². The summed E-state index contributed by atoms with van der Waals surface area (Å²) in [6.45, 7) is 7.66. The van der Waals surface area contributed by atoms with Gasteiger partial charge < -0.3 is 5.11 Å². The van der Waals surface area contributed by atoms with Crippen LogP contribution in [-0.4, -0.2) is 5.11 Å². The van der Waals surface area contributed by atoms with Crippen molar-refractivity contribution >= 4 is 0 Å². The number of hydrogen-bond acceptors (Lipinski definition) is 1. The highest BCUT2D eigenvalue weighted by molar-refractivity contribution is 5.29. The maximum atomic E-state index is 12.8. The van der Waals surface area contributed by atoms with E-state index in [1.807, 2.05) is 6.92 Å². The number of aliphatic hydroxyl groups is 1. The number of aliphatic hydroxyl groups excluding tert-OH is 1. The van der Waals surface area contributed by atoms with Crippen LogP contribution in [0.4, 0.5) is 4.39 Å². The first kappa shape index (κ1) is 11.9. The zero-order chi connectivity index (χ0) is 11.4. The van der Waals surface area contributed by atoms with Crippen LogP contribution < -0.4 is 0 Å². The zero-order valence-corrected chi connectivity index (χ0v) is 9.26. The maximum absolute atomic E-state index is 12.8. The Balaban J connectivity index is 2.82. The quantitative estimate of drug-likeness (QED) is 0.750. The van der Waals surface area contributed by atoms with Gasteiger partial charge >= 0.3 is 0 Å². The third-order valence-corrected chi connectivity index (χ3v) is 2.57. The van der Waals surface area contributed by atoms with E-state index in [1.165, 1.54) is 12.1 Å². The second-order valence-corrected chi connectivity index (χ2v) is 3.82. The fraction of sp³-hybridized carbons (Fsp3) is 0.385. The number of hydrogen-bond donors (Lipinski definition) is 1. The van der Waals surface area contributed by atoms with Gasteiger partial charge in [0.05, 0.1) is 6.10 Å². The summed E-state index contributed by atoms with van der Waals surface area (Å²) in [5, 5.41) is 9.91. The van der Waals surface area contributed by atoms with Crippen molar-refractivity contribution in [3.8, 4) is 0 Å². The first-order valence-corrected chi connectivity index (χ1v) is 5.15. The average molecular weight is 208 g/mol. The van der Waals surface area contributed by atoms with Gasteiger partial charge in [-0.3, -0.25) is 0 Å². The molecule has 0 radical (unpaired) electrons. The molecule has 0 aliphatic rings. The third kappa shape index (κ3) is 3.17. The summed E-state index contributed by atoms with van der Waals surface area (Å²) in [6, 6.07) is 4.45. The predicted octanol–water partition coefficient (Wildman–Crippen LogP) is 3.52. The van der Waals surface area contributed by atoms with Crippen LogP contribution in [0.5, 0.6) is 0 Å². The Kier molecular flexibility index (Phi) is 4.04. The van der Waals surface area contributed by atoms with Gasteiger partial charge in [-0.15, -0.1) is 0 Å². The molecule has 0 spiro atoms. The van der Waals surface area contributed by atoms with Crippen LogP contribution in [0.3, 0.4) is 0 Å². The topological polar surface area (TPSA) is 20.2 Å². The Morgan fingerprint density at radius 1 is 1.53 bits per heavy atom. The molecule has 0 fully saturated rings. The van der Waals surface area contributed by atoms with Crippen molar-refractivity contribution in [2.45, 2.75) is 32.8 Å². The number of benzene rings is 1. The molecule has 0 saturated heterocycles. The van der Waals surface area contributed by atoms with Crippen molar-refractivity contribution in [2.75, 3.05) is 0 Å². The van der Waals surface area contributed by atoms with Crippen LogP contribution in [0.2, 0.25) is 0 Å². The van der Waals surface area contributed by atoms with Crippen LogP contribution in [0.1, 0.15) is 37.0 Å². The predicted molar refractivity (Wildman–Crippen MR) is 60.1 cm³/mol. The minimum Gasteiger partial charge on any atom is -0.388 e. The molecule has 0 amide bonds. The average Bonchev–Trinajstić information content (AvgIpc) is 2.17. The highest BCUT2D eigenvalue weighted by Crippen LogP contribution is 2.24. The summed E-state index contributed by atoms with van der Waals surface area (Å²) in [7, 11) is 0. The summed E-state index contributed by atoms with van der Waals surface area (Å²) in [5.41, 5.74) is 2.57. The van der Waals surface area contributed by atoms with E-state index in [0.717, 1.165) is 23.1 Å². The first-order valence-electron chi connectivity index (χ1n) is 5.15. The molecule has 82 valence electrons. The molecule has 0 aliphatic heterocycles. The molecular formula is C13H17FO. The lowest BCUT2D eigenvalue weighted by Crippen LogP contribution is -2.01. The van der Waals surface area contributed by atoms with Gasteiger partial charge in [-0.2, -0.15) is 0 Å². The second-order valence-electron chi connectivity index (χ2n) is 3.82. The van der Waals surface area contributed by atoms with Gasteiger partial charge in [-0.05, 0) is 43.0 Å². The van der Waals surface area contributed by atoms with E-state index < -0.39 is 6.10 Å². The first-order chi connectivity index (χ1) is 7.04. The normalized spacial score (nSPS) is 12.5. The van der Waals surface area contributed by atoms with Crippen LogP contribution in [0, 0.1) is 12.7 Å². The Bertz CT molecular complexity index is 358. The monoisotopic (exact) mass is 208 g/mol. The maximum Gasteiger partial charge on any atom is 0.123 e. The summed E-state index contributed by atoms with van der Waals surface area (Å²) in [5.74, 6) is -0.266. The van der Waals surface area contributed by atoms with E-state index in [1.54, 1.807) is 13.0 Å². The molecule has 1 aromatic carbocycles. The van der Waals surface area contributed by atoms with Crippen LogP contribution in [0.25, 0.3) is 0 Å². The van der Waals surface area contributed by atoms with Gasteiger partial charge in [-0.1, -0.05) is 25.1 Å². The molecule has 15 heavy (non-hydrogen) atoms. The van der Waals surface area contributed by atoms with Crippen molar-refractivity contribution < 1.29 is 9.50 Å². The molecule has 1 unspecified atom stereocenters. The van der Waals surface area contributed by atoms with Gasteiger partial charge in [0.25, 0.3) is 0 Å². The van der Waals surface area contributed by atoms with Crippen molar-refractivity contribution in [1.82, 2.24) is 0 Å². The summed E-state index contributed by atoms with van der Waals surface area (Å²) < 4.78 is 12.8. The fourth-order valence-corrected chi connectivity index (χ4v) is 1.54.